The minimum absolute atomic E-state index is 0.0194. The molecule has 0 aliphatic carbocycles. The Morgan fingerprint density at radius 2 is 2.00 bits per heavy atom. The summed E-state index contributed by atoms with van der Waals surface area (Å²) in [6, 6.07) is 15.2. The molecular formula is C19H20BrN3O2. The molecule has 6 heteroatoms. The molecule has 2 aromatic carbocycles. The molecule has 130 valence electrons. The van der Waals surface area contributed by atoms with E-state index in [0.29, 0.717) is 12.1 Å². The fourth-order valence-electron chi connectivity index (χ4n) is 2.32. The van der Waals surface area contributed by atoms with E-state index < -0.39 is 0 Å². The van der Waals surface area contributed by atoms with Crippen LogP contribution in [-0.4, -0.2) is 19.6 Å². The Bertz CT molecular complexity index is 769. The van der Waals surface area contributed by atoms with E-state index in [1.807, 2.05) is 37.3 Å². The van der Waals surface area contributed by atoms with Gasteiger partial charge in [0.25, 0.3) is 0 Å². The zero-order valence-corrected chi connectivity index (χ0v) is 15.8. The summed E-state index contributed by atoms with van der Waals surface area (Å²) in [5, 5.41) is 14.7. The summed E-state index contributed by atoms with van der Waals surface area (Å²) in [5.74, 6) is 0.654. The van der Waals surface area contributed by atoms with Gasteiger partial charge in [-0.15, -0.1) is 0 Å². The van der Waals surface area contributed by atoms with Crippen molar-refractivity contribution in [3.05, 3.63) is 58.1 Å². The summed E-state index contributed by atoms with van der Waals surface area (Å²) in [4.78, 5) is 12.1. The summed E-state index contributed by atoms with van der Waals surface area (Å²) < 4.78 is 6.10. The van der Waals surface area contributed by atoms with E-state index in [1.165, 1.54) is 0 Å². The van der Waals surface area contributed by atoms with Gasteiger partial charge in [-0.25, -0.2) is 0 Å². The van der Waals surface area contributed by atoms with E-state index in [0.717, 1.165) is 21.3 Å². The fraction of sp³-hybridized carbons (Fsp3) is 0.263. The topological polar surface area (TPSA) is 74.2 Å². The third-order valence-electron chi connectivity index (χ3n) is 3.77. The minimum atomic E-state index is -0.118. The summed E-state index contributed by atoms with van der Waals surface area (Å²) in [7, 11) is 1.62. The van der Waals surface area contributed by atoms with Gasteiger partial charge in [-0.2, -0.15) is 5.26 Å². The number of methoxy groups -OCH3 is 1. The number of hydrogen-bond acceptors (Lipinski definition) is 4. The Hall–Kier alpha value is -2.36. The lowest BCUT2D eigenvalue weighted by atomic mass is 10.1. The van der Waals surface area contributed by atoms with Crippen LogP contribution in [0.4, 0.5) is 5.69 Å². The molecule has 0 aromatic heterocycles. The van der Waals surface area contributed by atoms with Crippen molar-refractivity contribution < 1.29 is 9.53 Å². The van der Waals surface area contributed by atoms with Gasteiger partial charge in [0.15, 0.2) is 0 Å². The van der Waals surface area contributed by atoms with Gasteiger partial charge >= 0.3 is 0 Å². The SMILES string of the molecule is COc1ccc([C@@H](C)NCC(=O)Nc2ccc(CC#N)cc2)cc1Br. The summed E-state index contributed by atoms with van der Waals surface area (Å²) in [6.07, 6.45) is 0.366. The number of nitriles is 1. The first-order chi connectivity index (χ1) is 12.0. The Kier molecular flexibility index (Phi) is 6.99. The van der Waals surface area contributed by atoms with Crippen LogP contribution >= 0.6 is 15.9 Å². The third kappa shape index (κ3) is 5.59. The molecule has 2 aromatic rings. The van der Waals surface area contributed by atoms with Gasteiger partial charge in [0.1, 0.15) is 5.75 Å². The van der Waals surface area contributed by atoms with Crippen molar-refractivity contribution in [2.24, 2.45) is 0 Å². The van der Waals surface area contributed by atoms with Gasteiger partial charge in [0.05, 0.1) is 30.6 Å². The molecule has 1 atom stereocenters. The van der Waals surface area contributed by atoms with Crippen LogP contribution < -0.4 is 15.4 Å². The lowest BCUT2D eigenvalue weighted by molar-refractivity contribution is -0.115. The number of carbonyl (C=O) groups excluding carboxylic acids is 1. The summed E-state index contributed by atoms with van der Waals surface area (Å²) in [5.41, 5.74) is 2.70. The normalized spacial score (nSPS) is 11.4. The first-order valence-corrected chi connectivity index (χ1v) is 8.65. The van der Waals surface area contributed by atoms with Crippen LogP contribution in [0, 0.1) is 11.3 Å². The van der Waals surface area contributed by atoms with Crippen molar-refractivity contribution >= 4 is 27.5 Å². The number of amides is 1. The number of ether oxygens (including phenoxy) is 1. The van der Waals surface area contributed by atoms with Crippen molar-refractivity contribution in [3.8, 4) is 11.8 Å². The third-order valence-corrected chi connectivity index (χ3v) is 4.39. The van der Waals surface area contributed by atoms with Crippen molar-refractivity contribution in [2.45, 2.75) is 19.4 Å². The van der Waals surface area contributed by atoms with Crippen LogP contribution in [0.2, 0.25) is 0 Å². The molecular weight excluding hydrogens is 382 g/mol. The molecule has 1 amide bonds. The number of hydrogen-bond donors (Lipinski definition) is 2. The van der Waals surface area contributed by atoms with Crippen molar-refractivity contribution in [3.63, 3.8) is 0 Å². The van der Waals surface area contributed by atoms with Gasteiger partial charge in [0, 0.05) is 11.7 Å². The monoisotopic (exact) mass is 401 g/mol. The molecule has 0 heterocycles. The molecule has 0 radical (unpaired) electrons. The number of anilines is 1. The highest BCUT2D eigenvalue weighted by molar-refractivity contribution is 9.10. The first kappa shape index (κ1) is 19.0. The van der Waals surface area contributed by atoms with Gasteiger partial charge in [-0.3, -0.25) is 4.79 Å². The average Bonchev–Trinajstić information content (AvgIpc) is 2.61. The predicted octanol–water partition coefficient (Wildman–Crippen LogP) is 3.81. The van der Waals surface area contributed by atoms with E-state index in [2.05, 4.69) is 32.6 Å². The van der Waals surface area contributed by atoms with Crippen LogP contribution in [0.15, 0.2) is 46.9 Å². The highest BCUT2D eigenvalue weighted by Gasteiger charge is 2.10. The average molecular weight is 402 g/mol. The highest BCUT2D eigenvalue weighted by Crippen LogP contribution is 2.27. The maximum atomic E-state index is 12.1. The van der Waals surface area contributed by atoms with Gasteiger partial charge in [0.2, 0.25) is 5.91 Å². The van der Waals surface area contributed by atoms with E-state index in [-0.39, 0.29) is 18.5 Å². The number of benzene rings is 2. The largest absolute Gasteiger partial charge is 0.496 e. The molecule has 0 fully saturated rings. The molecule has 2 rings (SSSR count). The fourth-order valence-corrected chi connectivity index (χ4v) is 2.88. The molecule has 0 aliphatic heterocycles. The van der Waals surface area contributed by atoms with Crippen LogP contribution in [-0.2, 0) is 11.2 Å². The van der Waals surface area contributed by atoms with E-state index in [1.54, 1.807) is 19.2 Å². The second kappa shape index (κ2) is 9.21. The number of rotatable bonds is 7. The Morgan fingerprint density at radius 3 is 2.60 bits per heavy atom. The van der Waals surface area contributed by atoms with Gasteiger partial charge in [-0.05, 0) is 58.2 Å². The molecule has 0 bridgehead atoms. The van der Waals surface area contributed by atoms with Crippen LogP contribution in [0.1, 0.15) is 24.1 Å². The molecule has 0 unspecified atom stereocenters. The molecule has 25 heavy (non-hydrogen) atoms. The lowest BCUT2D eigenvalue weighted by Gasteiger charge is -2.15. The zero-order chi connectivity index (χ0) is 18.2. The maximum absolute atomic E-state index is 12.1. The van der Waals surface area contributed by atoms with E-state index >= 15 is 0 Å². The second-order valence-corrected chi connectivity index (χ2v) is 6.43. The van der Waals surface area contributed by atoms with E-state index in [9.17, 15) is 4.79 Å². The van der Waals surface area contributed by atoms with Crippen molar-refractivity contribution in [2.75, 3.05) is 19.0 Å². The predicted molar refractivity (Wildman–Crippen MR) is 102 cm³/mol. The number of halogens is 1. The maximum Gasteiger partial charge on any atom is 0.238 e. The number of nitrogens with zero attached hydrogens (tertiary/aromatic N) is 1. The first-order valence-electron chi connectivity index (χ1n) is 7.86. The standard InChI is InChI=1S/C19H20BrN3O2/c1-13(15-5-8-18(25-2)17(20)11-15)22-12-19(24)23-16-6-3-14(4-7-16)9-10-21/h3-8,11,13,22H,9,12H2,1-2H3,(H,23,24)/t13-/m1/s1. The van der Waals surface area contributed by atoms with Crippen LogP contribution in [0.3, 0.4) is 0 Å². The second-order valence-electron chi connectivity index (χ2n) is 5.58. The van der Waals surface area contributed by atoms with E-state index in [4.69, 9.17) is 10.00 Å². The summed E-state index contributed by atoms with van der Waals surface area (Å²) in [6.45, 7) is 2.20. The minimum Gasteiger partial charge on any atom is -0.496 e. The number of nitrogens with one attached hydrogen (secondary N) is 2. The molecule has 0 spiro atoms. The molecule has 0 aliphatic rings. The number of carbonyl (C=O) groups is 1. The Balaban J connectivity index is 1.86. The molecule has 0 saturated heterocycles. The summed E-state index contributed by atoms with van der Waals surface area (Å²) >= 11 is 3.46. The molecule has 2 N–H and O–H groups in total. The Morgan fingerprint density at radius 1 is 1.28 bits per heavy atom. The van der Waals surface area contributed by atoms with Gasteiger partial charge in [-0.1, -0.05) is 18.2 Å². The van der Waals surface area contributed by atoms with Crippen LogP contribution in [0.25, 0.3) is 0 Å². The lowest BCUT2D eigenvalue weighted by Crippen LogP contribution is -2.30. The Labute approximate surface area is 156 Å². The van der Waals surface area contributed by atoms with Crippen molar-refractivity contribution in [1.29, 1.82) is 5.26 Å². The smallest absolute Gasteiger partial charge is 0.238 e. The van der Waals surface area contributed by atoms with Crippen molar-refractivity contribution in [1.82, 2.24) is 5.32 Å². The molecule has 5 nitrogen and oxygen atoms in total. The van der Waals surface area contributed by atoms with Gasteiger partial charge < -0.3 is 15.4 Å². The quantitative estimate of drug-likeness (QED) is 0.739. The highest BCUT2D eigenvalue weighted by atomic mass is 79.9. The zero-order valence-electron chi connectivity index (χ0n) is 14.2. The molecule has 0 saturated carbocycles. The van der Waals surface area contributed by atoms with Crippen LogP contribution in [0.5, 0.6) is 5.75 Å².